The standard InChI is InChI=1S/C12H18Br2N2O2S2/c1-3-8-7-16(9(4-2)6-15-8)20(17,18)10-5-11(13)19-12(10)14/h5,8-9,15H,3-4,6-7H2,1-2H3. The van der Waals surface area contributed by atoms with Crippen LogP contribution < -0.4 is 5.32 Å². The van der Waals surface area contributed by atoms with E-state index in [9.17, 15) is 8.42 Å². The van der Waals surface area contributed by atoms with E-state index in [2.05, 4.69) is 44.1 Å². The molecule has 1 aromatic heterocycles. The Hall–Kier alpha value is 0.530. The Kier molecular flexibility index (Phi) is 5.70. The maximum absolute atomic E-state index is 12.9. The van der Waals surface area contributed by atoms with E-state index >= 15 is 0 Å². The van der Waals surface area contributed by atoms with Crippen LogP contribution in [0.5, 0.6) is 0 Å². The average Bonchev–Trinajstić information content (AvgIpc) is 2.77. The molecule has 1 aliphatic rings. The summed E-state index contributed by atoms with van der Waals surface area (Å²) in [6.07, 6.45) is 1.74. The van der Waals surface area contributed by atoms with Crippen LogP contribution in [-0.2, 0) is 10.0 Å². The fourth-order valence-electron chi connectivity index (χ4n) is 2.38. The minimum absolute atomic E-state index is 0.0216. The highest BCUT2D eigenvalue weighted by Crippen LogP contribution is 2.37. The molecular weight excluding hydrogens is 428 g/mol. The number of thiophene rings is 1. The van der Waals surface area contributed by atoms with E-state index in [0.29, 0.717) is 15.2 Å². The van der Waals surface area contributed by atoms with Gasteiger partial charge in [-0.3, -0.25) is 0 Å². The maximum atomic E-state index is 12.9. The van der Waals surface area contributed by atoms with E-state index in [1.165, 1.54) is 11.3 Å². The second-order valence-corrected chi connectivity index (χ2v) is 10.4. The largest absolute Gasteiger partial charge is 0.311 e. The van der Waals surface area contributed by atoms with Gasteiger partial charge in [-0.1, -0.05) is 13.8 Å². The molecule has 0 aromatic carbocycles. The summed E-state index contributed by atoms with van der Waals surface area (Å²) >= 11 is 8.10. The highest BCUT2D eigenvalue weighted by Gasteiger charge is 2.37. The van der Waals surface area contributed by atoms with Crippen molar-refractivity contribution in [2.45, 2.75) is 43.7 Å². The van der Waals surface area contributed by atoms with Crippen molar-refractivity contribution in [1.29, 1.82) is 0 Å². The first kappa shape index (κ1) is 16.9. The van der Waals surface area contributed by atoms with Crippen LogP contribution in [0.1, 0.15) is 26.7 Å². The van der Waals surface area contributed by atoms with E-state index < -0.39 is 10.0 Å². The van der Waals surface area contributed by atoms with Gasteiger partial charge in [-0.15, -0.1) is 11.3 Å². The molecule has 0 saturated carbocycles. The molecule has 2 rings (SSSR count). The van der Waals surface area contributed by atoms with Crippen LogP contribution in [0.4, 0.5) is 0 Å². The summed E-state index contributed by atoms with van der Waals surface area (Å²) in [6, 6.07) is 1.93. The first-order valence-electron chi connectivity index (χ1n) is 6.60. The van der Waals surface area contributed by atoms with E-state index in [1.54, 1.807) is 10.4 Å². The number of hydrogen-bond acceptors (Lipinski definition) is 4. The van der Waals surface area contributed by atoms with Crippen molar-refractivity contribution in [3.8, 4) is 0 Å². The van der Waals surface area contributed by atoms with Crippen LogP contribution in [0.25, 0.3) is 0 Å². The van der Waals surface area contributed by atoms with Crippen molar-refractivity contribution in [2.75, 3.05) is 13.1 Å². The molecule has 114 valence electrons. The zero-order chi connectivity index (χ0) is 14.9. The summed E-state index contributed by atoms with van der Waals surface area (Å²) in [5, 5.41) is 3.42. The molecule has 20 heavy (non-hydrogen) atoms. The lowest BCUT2D eigenvalue weighted by molar-refractivity contribution is 0.215. The molecular formula is C12H18Br2N2O2S2. The molecule has 4 nitrogen and oxygen atoms in total. The molecule has 0 bridgehead atoms. The van der Waals surface area contributed by atoms with Gasteiger partial charge in [0.05, 0.1) is 7.57 Å². The SMILES string of the molecule is CCC1CN(S(=O)(=O)c2cc(Br)sc2Br)C(CC)CN1. The van der Waals surface area contributed by atoms with Gasteiger partial charge in [0.15, 0.2) is 0 Å². The average molecular weight is 446 g/mol. The van der Waals surface area contributed by atoms with Crippen LogP contribution in [0.2, 0.25) is 0 Å². The first-order valence-corrected chi connectivity index (χ1v) is 10.4. The molecule has 1 aliphatic heterocycles. The number of nitrogens with one attached hydrogen (secondary N) is 1. The van der Waals surface area contributed by atoms with Crippen molar-refractivity contribution >= 4 is 53.2 Å². The second kappa shape index (κ2) is 6.75. The number of sulfonamides is 1. The smallest absolute Gasteiger partial charge is 0.245 e. The molecule has 2 unspecified atom stereocenters. The van der Waals surface area contributed by atoms with Crippen LogP contribution in [0.3, 0.4) is 0 Å². The van der Waals surface area contributed by atoms with Crippen molar-refractivity contribution in [3.05, 3.63) is 13.6 Å². The summed E-state index contributed by atoms with van der Waals surface area (Å²) < 4.78 is 29.0. The van der Waals surface area contributed by atoms with Crippen LogP contribution >= 0.6 is 43.2 Å². The molecule has 0 radical (unpaired) electrons. The Morgan fingerprint density at radius 1 is 1.40 bits per heavy atom. The summed E-state index contributed by atoms with van der Waals surface area (Å²) in [7, 11) is -3.45. The third-order valence-corrected chi connectivity index (χ3v) is 8.30. The molecule has 0 spiro atoms. The fraction of sp³-hybridized carbons (Fsp3) is 0.667. The lowest BCUT2D eigenvalue weighted by atomic mass is 10.1. The van der Waals surface area contributed by atoms with E-state index in [0.717, 1.165) is 23.2 Å². The van der Waals surface area contributed by atoms with Gasteiger partial charge in [0.2, 0.25) is 10.0 Å². The summed E-state index contributed by atoms with van der Waals surface area (Å²) in [6.45, 7) is 5.36. The third-order valence-electron chi connectivity index (χ3n) is 3.63. The Morgan fingerprint density at radius 3 is 2.60 bits per heavy atom. The predicted octanol–water partition coefficient (Wildman–Crippen LogP) is 3.42. The monoisotopic (exact) mass is 444 g/mol. The van der Waals surface area contributed by atoms with Crippen LogP contribution in [-0.4, -0.2) is 37.9 Å². The predicted molar refractivity (Wildman–Crippen MR) is 89.8 cm³/mol. The number of nitrogens with zero attached hydrogens (tertiary/aromatic N) is 1. The van der Waals surface area contributed by atoms with Crippen molar-refractivity contribution < 1.29 is 8.42 Å². The quantitative estimate of drug-likeness (QED) is 0.772. The van der Waals surface area contributed by atoms with Gasteiger partial charge in [-0.25, -0.2) is 8.42 Å². The van der Waals surface area contributed by atoms with Crippen LogP contribution in [0, 0.1) is 0 Å². The molecule has 2 heterocycles. The lowest BCUT2D eigenvalue weighted by Gasteiger charge is -2.38. The molecule has 1 saturated heterocycles. The summed E-state index contributed by atoms with van der Waals surface area (Å²) in [4.78, 5) is 0.365. The fourth-order valence-corrected chi connectivity index (χ4v) is 7.89. The topological polar surface area (TPSA) is 49.4 Å². The van der Waals surface area contributed by atoms with Gasteiger partial charge < -0.3 is 5.32 Å². The molecule has 1 aromatic rings. The van der Waals surface area contributed by atoms with Gasteiger partial charge in [0.1, 0.15) is 4.90 Å². The summed E-state index contributed by atoms with van der Waals surface area (Å²) in [5.41, 5.74) is 0. The molecule has 1 fully saturated rings. The minimum Gasteiger partial charge on any atom is -0.311 e. The van der Waals surface area contributed by atoms with Gasteiger partial charge in [-0.05, 0) is 50.8 Å². The third kappa shape index (κ3) is 3.30. The number of halogens is 2. The normalized spacial score (nSPS) is 25.0. The number of piperazine rings is 1. The molecule has 2 atom stereocenters. The molecule has 0 aliphatic carbocycles. The highest BCUT2D eigenvalue weighted by atomic mass is 79.9. The zero-order valence-electron chi connectivity index (χ0n) is 11.4. The molecule has 8 heteroatoms. The zero-order valence-corrected chi connectivity index (χ0v) is 16.2. The maximum Gasteiger partial charge on any atom is 0.245 e. The van der Waals surface area contributed by atoms with Crippen molar-refractivity contribution in [3.63, 3.8) is 0 Å². The van der Waals surface area contributed by atoms with Crippen molar-refractivity contribution in [1.82, 2.24) is 9.62 Å². The van der Waals surface area contributed by atoms with Crippen LogP contribution in [0.15, 0.2) is 18.5 Å². The second-order valence-electron chi connectivity index (χ2n) is 4.84. The van der Waals surface area contributed by atoms with Crippen molar-refractivity contribution in [2.24, 2.45) is 0 Å². The van der Waals surface area contributed by atoms with Gasteiger partial charge >= 0.3 is 0 Å². The van der Waals surface area contributed by atoms with Gasteiger partial charge in [0.25, 0.3) is 0 Å². The molecule has 0 amide bonds. The Morgan fingerprint density at radius 2 is 2.10 bits per heavy atom. The van der Waals surface area contributed by atoms with E-state index in [-0.39, 0.29) is 12.1 Å². The Bertz CT molecular complexity index is 574. The highest BCUT2D eigenvalue weighted by molar-refractivity contribution is 9.12. The Labute approximate surface area is 141 Å². The van der Waals surface area contributed by atoms with Gasteiger partial charge in [0, 0.05) is 25.2 Å². The number of rotatable bonds is 4. The summed E-state index contributed by atoms with van der Waals surface area (Å²) in [5.74, 6) is 0. The van der Waals surface area contributed by atoms with E-state index in [1.807, 2.05) is 6.92 Å². The first-order chi connectivity index (χ1) is 9.40. The minimum atomic E-state index is -3.45. The lowest BCUT2D eigenvalue weighted by Crippen LogP contribution is -2.57. The van der Waals surface area contributed by atoms with Gasteiger partial charge in [-0.2, -0.15) is 4.31 Å². The number of hydrogen-bond donors (Lipinski definition) is 1. The van der Waals surface area contributed by atoms with E-state index in [4.69, 9.17) is 0 Å². The molecule has 1 N–H and O–H groups in total. The Balaban J connectivity index is 2.37.